The van der Waals surface area contributed by atoms with Crippen LogP contribution < -0.4 is 15.0 Å². The summed E-state index contributed by atoms with van der Waals surface area (Å²) in [5.74, 6) is -0.0830. The number of rotatable bonds is 5. The van der Waals surface area contributed by atoms with Gasteiger partial charge in [-0.25, -0.2) is 4.98 Å². The van der Waals surface area contributed by atoms with Gasteiger partial charge in [0.15, 0.2) is 5.65 Å². The standard InChI is InChI=1S/C21H23N5O3/c1-4-29-18-8-6-5-7-17(18)26-12-14(9-19(26)27)21(28)23-15-10-16-13(2)24-25(3)20(16)22-11-15/h5-8,10-11,14H,4,9,12H2,1-3H3,(H,23,28). The number of hydrogen-bond donors (Lipinski definition) is 1. The molecule has 1 N–H and O–H groups in total. The third-order valence-electron chi connectivity index (χ3n) is 5.08. The molecule has 0 saturated carbocycles. The molecule has 8 heteroatoms. The van der Waals surface area contributed by atoms with E-state index in [0.29, 0.717) is 30.3 Å². The Morgan fingerprint density at radius 3 is 2.93 bits per heavy atom. The van der Waals surface area contributed by atoms with E-state index < -0.39 is 5.92 Å². The summed E-state index contributed by atoms with van der Waals surface area (Å²) in [6, 6.07) is 9.25. The normalized spacial score (nSPS) is 16.4. The van der Waals surface area contributed by atoms with E-state index in [1.54, 1.807) is 15.8 Å². The molecule has 0 bridgehead atoms. The first-order valence-electron chi connectivity index (χ1n) is 9.60. The highest BCUT2D eigenvalue weighted by Crippen LogP contribution is 2.33. The van der Waals surface area contributed by atoms with Gasteiger partial charge in [0.1, 0.15) is 5.75 Å². The molecule has 8 nitrogen and oxygen atoms in total. The molecule has 3 aromatic rings. The maximum atomic E-state index is 12.8. The molecule has 1 atom stereocenters. The van der Waals surface area contributed by atoms with Crippen molar-refractivity contribution in [2.45, 2.75) is 20.3 Å². The summed E-state index contributed by atoms with van der Waals surface area (Å²) in [6.45, 7) is 4.62. The van der Waals surface area contributed by atoms with E-state index in [4.69, 9.17) is 4.74 Å². The fourth-order valence-corrected chi connectivity index (χ4v) is 3.69. The van der Waals surface area contributed by atoms with Crippen molar-refractivity contribution >= 4 is 34.2 Å². The van der Waals surface area contributed by atoms with Crippen LogP contribution in [0.5, 0.6) is 5.75 Å². The number of carbonyl (C=O) groups is 2. The van der Waals surface area contributed by atoms with Gasteiger partial charge in [-0.1, -0.05) is 12.1 Å². The van der Waals surface area contributed by atoms with Crippen LogP contribution in [0, 0.1) is 12.8 Å². The van der Waals surface area contributed by atoms with Gasteiger partial charge in [0.05, 0.1) is 35.8 Å². The molecule has 150 valence electrons. The third-order valence-corrected chi connectivity index (χ3v) is 5.08. The molecule has 3 heterocycles. The lowest BCUT2D eigenvalue weighted by Crippen LogP contribution is -2.28. The van der Waals surface area contributed by atoms with Crippen LogP contribution in [0.2, 0.25) is 0 Å². The molecule has 2 aromatic heterocycles. The van der Waals surface area contributed by atoms with Gasteiger partial charge < -0.3 is 15.0 Å². The van der Waals surface area contributed by atoms with Crippen LogP contribution in [-0.2, 0) is 16.6 Å². The Labute approximate surface area is 168 Å². The number of anilines is 2. The molecule has 0 spiro atoms. The molecule has 1 aliphatic rings. The summed E-state index contributed by atoms with van der Waals surface area (Å²) in [5, 5.41) is 8.13. The van der Waals surface area contributed by atoms with Crippen molar-refractivity contribution in [3.05, 3.63) is 42.2 Å². The highest BCUT2D eigenvalue weighted by Gasteiger charge is 2.36. The van der Waals surface area contributed by atoms with E-state index in [0.717, 1.165) is 16.7 Å². The molecule has 29 heavy (non-hydrogen) atoms. The lowest BCUT2D eigenvalue weighted by molar-refractivity contribution is -0.122. The molecule has 4 rings (SSSR count). The molecular formula is C21H23N5O3. The van der Waals surface area contributed by atoms with Crippen molar-refractivity contribution in [3.8, 4) is 5.75 Å². The smallest absolute Gasteiger partial charge is 0.229 e. The average Bonchev–Trinajstić information content (AvgIpc) is 3.22. The van der Waals surface area contributed by atoms with E-state index in [1.165, 1.54) is 0 Å². The van der Waals surface area contributed by atoms with Gasteiger partial charge in [0.25, 0.3) is 0 Å². The largest absolute Gasteiger partial charge is 0.492 e. The van der Waals surface area contributed by atoms with Crippen molar-refractivity contribution in [1.29, 1.82) is 0 Å². The van der Waals surface area contributed by atoms with Gasteiger partial charge in [-0.2, -0.15) is 5.10 Å². The summed E-state index contributed by atoms with van der Waals surface area (Å²) >= 11 is 0. The van der Waals surface area contributed by atoms with E-state index in [-0.39, 0.29) is 18.2 Å². The molecule has 0 radical (unpaired) electrons. The number of benzene rings is 1. The number of para-hydroxylation sites is 2. The number of carbonyl (C=O) groups excluding carboxylic acids is 2. The number of aromatic nitrogens is 3. The Bertz CT molecular complexity index is 1090. The van der Waals surface area contributed by atoms with Gasteiger partial charge in [-0.15, -0.1) is 0 Å². The minimum absolute atomic E-state index is 0.0889. The van der Waals surface area contributed by atoms with Gasteiger partial charge in [-0.3, -0.25) is 14.3 Å². The zero-order valence-corrected chi connectivity index (χ0v) is 16.7. The fraction of sp³-hybridized carbons (Fsp3) is 0.333. The van der Waals surface area contributed by atoms with Gasteiger partial charge in [0.2, 0.25) is 11.8 Å². The third kappa shape index (κ3) is 3.53. The monoisotopic (exact) mass is 393 g/mol. The topological polar surface area (TPSA) is 89.3 Å². The molecule has 1 fully saturated rings. The Kier molecular flexibility index (Phi) is 4.92. The minimum Gasteiger partial charge on any atom is -0.492 e. The number of nitrogens with one attached hydrogen (secondary N) is 1. The van der Waals surface area contributed by atoms with Crippen LogP contribution in [-0.4, -0.2) is 39.7 Å². The summed E-state index contributed by atoms with van der Waals surface area (Å²) in [6.07, 6.45) is 1.77. The first-order valence-corrected chi connectivity index (χ1v) is 9.60. The van der Waals surface area contributed by atoms with E-state index >= 15 is 0 Å². The zero-order valence-electron chi connectivity index (χ0n) is 16.7. The Balaban J connectivity index is 1.51. The van der Waals surface area contributed by atoms with Crippen LogP contribution in [0.4, 0.5) is 11.4 Å². The number of pyridine rings is 1. The highest BCUT2D eigenvalue weighted by molar-refractivity contribution is 6.04. The summed E-state index contributed by atoms with van der Waals surface area (Å²) in [5.41, 5.74) is 2.90. The van der Waals surface area contributed by atoms with Crippen molar-refractivity contribution in [2.24, 2.45) is 13.0 Å². The maximum absolute atomic E-state index is 12.8. The maximum Gasteiger partial charge on any atom is 0.229 e. The van der Waals surface area contributed by atoms with Crippen molar-refractivity contribution < 1.29 is 14.3 Å². The molecular weight excluding hydrogens is 370 g/mol. The van der Waals surface area contributed by atoms with Gasteiger partial charge in [0, 0.05) is 25.4 Å². The second-order valence-corrected chi connectivity index (χ2v) is 7.10. The minimum atomic E-state index is -0.442. The molecule has 2 amide bonds. The fourth-order valence-electron chi connectivity index (χ4n) is 3.69. The van der Waals surface area contributed by atoms with Crippen LogP contribution in [0.25, 0.3) is 11.0 Å². The Morgan fingerprint density at radius 1 is 1.34 bits per heavy atom. The highest BCUT2D eigenvalue weighted by atomic mass is 16.5. The first kappa shape index (κ1) is 18.9. The number of hydrogen-bond acceptors (Lipinski definition) is 5. The Morgan fingerprint density at radius 2 is 2.14 bits per heavy atom. The molecule has 1 unspecified atom stereocenters. The summed E-state index contributed by atoms with van der Waals surface area (Å²) in [7, 11) is 1.83. The molecule has 1 aromatic carbocycles. The molecule has 0 aliphatic carbocycles. The van der Waals surface area contributed by atoms with Gasteiger partial charge in [-0.05, 0) is 32.0 Å². The average molecular weight is 393 g/mol. The number of amides is 2. The number of ether oxygens (including phenoxy) is 1. The van der Waals surface area contributed by atoms with E-state index in [9.17, 15) is 9.59 Å². The van der Waals surface area contributed by atoms with Crippen molar-refractivity contribution in [2.75, 3.05) is 23.4 Å². The summed E-state index contributed by atoms with van der Waals surface area (Å²) in [4.78, 5) is 31.4. The SMILES string of the molecule is CCOc1ccccc1N1CC(C(=O)Nc2cnc3c(c2)c(C)nn3C)CC1=O. The van der Waals surface area contributed by atoms with Crippen molar-refractivity contribution in [1.82, 2.24) is 14.8 Å². The quantitative estimate of drug-likeness (QED) is 0.720. The molecule has 1 saturated heterocycles. The van der Waals surface area contributed by atoms with Crippen LogP contribution in [0.3, 0.4) is 0 Å². The van der Waals surface area contributed by atoms with E-state index in [2.05, 4.69) is 15.4 Å². The number of fused-ring (bicyclic) bond motifs is 1. The predicted octanol–water partition coefficient (Wildman–Crippen LogP) is 2.67. The first-order chi connectivity index (χ1) is 14.0. The van der Waals surface area contributed by atoms with Crippen LogP contribution in [0.1, 0.15) is 19.0 Å². The number of nitrogens with zero attached hydrogens (tertiary/aromatic N) is 4. The van der Waals surface area contributed by atoms with Crippen LogP contribution >= 0.6 is 0 Å². The van der Waals surface area contributed by atoms with Crippen LogP contribution in [0.15, 0.2) is 36.5 Å². The molecule has 1 aliphatic heterocycles. The lowest BCUT2D eigenvalue weighted by atomic mass is 10.1. The van der Waals surface area contributed by atoms with Crippen molar-refractivity contribution in [3.63, 3.8) is 0 Å². The van der Waals surface area contributed by atoms with Gasteiger partial charge >= 0.3 is 0 Å². The van der Waals surface area contributed by atoms with E-state index in [1.807, 2.05) is 51.2 Å². The second-order valence-electron chi connectivity index (χ2n) is 7.10. The zero-order chi connectivity index (χ0) is 20.5. The Hall–Kier alpha value is -3.42. The predicted molar refractivity (Wildman–Crippen MR) is 110 cm³/mol. The second kappa shape index (κ2) is 7.54. The lowest BCUT2D eigenvalue weighted by Gasteiger charge is -2.20. The number of aryl methyl sites for hydroxylation is 2. The summed E-state index contributed by atoms with van der Waals surface area (Å²) < 4.78 is 7.34.